The normalized spacial score (nSPS) is 19.1. The first kappa shape index (κ1) is 23.0. The van der Waals surface area contributed by atoms with Crippen molar-refractivity contribution >= 4 is 35.0 Å². The predicted octanol–water partition coefficient (Wildman–Crippen LogP) is 2.91. The molecule has 9 nitrogen and oxygen atoms in total. The second-order valence-corrected chi connectivity index (χ2v) is 10.5. The second kappa shape index (κ2) is 9.93. The Bertz CT molecular complexity index is 1320. The standard InChI is InChI=1S/C26H29N7O2S/c34-24(14-19-16-36-26-29-21-9-5-4-8-20(21)25(35)33(19)26)30-22-15-23(28-17-27-22)32-12-10-31(11-13-32)18-6-2-1-3-7-18/h1-3,6-7,15,17,19H,4-5,8-14,16H2,(H,27,28,30,34). The highest BCUT2D eigenvalue weighted by Gasteiger charge is 2.30. The number of aryl methyl sites for hydroxylation is 1. The molecule has 10 heteroatoms. The van der Waals surface area contributed by atoms with Crippen LogP contribution in [-0.2, 0) is 17.6 Å². The number of fused-ring (bicyclic) bond motifs is 2. The highest BCUT2D eigenvalue weighted by Crippen LogP contribution is 2.34. The van der Waals surface area contributed by atoms with Gasteiger partial charge in [0.05, 0.1) is 11.7 Å². The van der Waals surface area contributed by atoms with Gasteiger partial charge in [-0.15, -0.1) is 0 Å². The van der Waals surface area contributed by atoms with Crippen molar-refractivity contribution in [2.75, 3.05) is 47.0 Å². The molecule has 0 saturated carbocycles. The monoisotopic (exact) mass is 503 g/mol. The summed E-state index contributed by atoms with van der Waals surface area (Å²) in [4.78, 5) is 44.1. The number of anilines is 3. The van der Waals surface area contributed by atoms with Gasteiger partial charge in [-0.1, -0.05) is 30.0 Å². The van der Waals surface area contributed by atoms with E-state index < -0.39 is 0 Å². The number of amides is 1. The maximum Gasteiger partial charge on any atom is 0.257 e. The zero-order valence-corrected chi connectivity index (χ0v) is 20.9. The maximum atomic E-state index is 13.1. The first-order valence-electron chi connectivity index (χ1n) is 12.6. The lowest BCUT2D eigenvalue weighted by Crippen LogP contribution is -2.46. The largest absolute Gasteiger partial charge is 0.368 e. The third-order valence-corrected chi connectivity index (χ3v) is 8.29. The van der Waals surface area contributed by atoms with Crippen LogP contribution in [0.25, 0.3) is 0 Å². The van der Waals surface area contributed by atoms with Gasteiger partial charge in [-0.05, 0) is 37.8 Å². The van der Waals surface area contributed by atoms with Crippen molar-refractivity contribution in [3.63, 3.8) is 0 Å². The summed E-state index contributed by atoms with van der Waals surface area (Å²) in [7, 11) is 0. The summed E-state index contributed by atoms with van der Waals surface area (Å²) in [6.07, 6.45) is 5.49. The second-order valence-electron chi connectivity index (χ2n) is 9.49. The Morgan fingerprint density at radius 1 is 1.03 bits per heavy atom. The Hall–Kier alpha value is -3.40. The van der Waals surface area contributed by atoms with E-state index in [1.54, 1.807) is 16.3 Å². The van der Waals surface area contributed by atoms with Crippen LogP contribution < -0.4 is 20.7 Å². The van der Waals surface area contributed by atoms with Gasteiger partial charge in [0.15, 0.2) is 5.16 Å². The molecule has 2 aromatic heterocycles. The fraction of sp³-hybridized carbons (Fsp3) is 0.423. The molecule has 1 aliphatic carbocycles. The van der Waals surface area contributed by atoms with Crippen LogP contribution in [0.4, 0.5) is 17.3 Å². The van der Waals surface area contributed by atoms with Crippen molar-refractivity contribution in [2.45, 2.75) is 43.3 Å². The number of aromatic nitrogens is 4. The Morgan fingerprint density at radius 3 is 2.64 bits per heavy atom. The van der Waals surface area contributed by atoms with Crippen LogP contribution >= 0.6 is 11.8 Å². The van der Waals surface area contributed by atoms with Gasteiger partial charge in [0.25, 0.3) is 5.56 Å². The minimum atomic E-state index is -0.190. The van der Waals surface area contributed by atoms with Crippen molar-refractivity contribution in [3.05, 3.63) is 64.3 Å². The van der Waals surface area contributed by atoms with Crippen LogP contribution in [0.2, 0.25) is 0 Å². The van der Waals surface area contributed by atoms with Crippen LogP contribution in [-0.4, -0.2) is 57.4 Å². The summed E-state index contributed by atoms with van der Waals surface area (Å²) in [5.41, 5.74) is 3.06. The zero-order valence-electron chi connectivity index (χ0n) is 20.1. The van der Waals surface area contributed by atoms with Crippen LogP contribution in [0.5, 0.6) is 0 Å². The first-order chi connectivity index (χ1) is 17.7. The van der Waals surface area contributed by atoms with E-state index in [0.717, 1.165) is 74.1 Å². The molecule has 1 N–H and O–H groups in total. The molecule has 3 aromatic rings. The molecular weight excluding hydrogens is 474 g/mol. The number of piperazine rings is 1. The molecule has 1 aromatic carbocycles. The molecule has 1 fully saturated rings. The quantitative estimate of drug-likeness (QED) is 0.531. The number of nitrogens with zero attached hydrogens (tertiary/aromatic N) is 6. The molecule has 1 saturated heterocycles. The SMILES string of the molecule is O=C(CC1CSc2nc3c(c(=O)n21)CCCC3)Nc1cc(N2CCN(c3ccccc3)CC2)ncn1. The highest BCUT2D eigenvalue weighted by atomic mass is 32.2. The van der Waals surface area contributed by atoms with Gasteiger partial charge in [0.1, 0.15) is 18.0 Å². The lowest BCUT2D eigenvalue weighted by Gasteiger charge is -2.36. The molecule has 1 atom stereocenters. The molecule has 186 valence electrons. The summed E-state index contributed by atoms with van der Waals surface area (Å²) in [5, 5.41) is 3.67. The third-order valence-electron chi connectivity index (χ3n) is 7.19. The molecule has 36 heavy (non-hydrogen) atoms. The molecular formula is C26H29N7O2S. The minimum absolute atomic E-state index is 0.0384. The van der Waals surface area contributed by atoms with Gasteiger partial charge in [-0.2, -0.15) is 0 Å². The van der Waals surface area contributed by atoms with Crippen molar-refractivity contribution in [1.82, 2.24) is 19.5 Å². The average molecular weight is 504 g/mol. The third kappa shape index (κ3) is 4.57. The highest BCUT2D eigenvalue weighted by molar-refractivity contribution is 7.99. The smallest absolute Gasteiger partial charge is 0.257 e. The number of hydrogen-bond donors (Lipinski definition) is 1. The Labute approximate surface area is 214 Å². The van der Waals surface area contributed by atoms with E-state index >= 15 is 0 Å². The van der Waals surface area contributed by atoms with Gasteiger partial charge < -0.3 is 15.1 Å². The van der Waals surface area contributed by atoms with Crippen molar-refractivity contribution in [1.29, 1.82) is 0 Å². The van der Waals surface area contributed by atoms with Crippen LogP contribution in [0.3, 0.4) is 0 Å². The first-order valence-corrected chi connectivity index (χ1v) is 13.6. The molecule has 3 aliphatic rings. The summed E-state index contributed by atoms with van der Waals surface area (Å²) in [5.74, 6) is 1.81. The van der Waals surface area contributed by atoms with E-state index in [1.165, 1.54) is 12.0 Å². The number of nitrogens with one attached hydrogen (secondary N) is 1. The van der Waals surface area contributed by atoms with Gasteiger partial charge >= 0.3 is 0 Å². The summed E-state index contributed by atoms with van der Waals surface area (Å²) in [6.45, 7) is 3.49. The van der Waals surface area contributed by atoms with Crippen molar-refractivity contribution in [2.24, 2.45) is 0 Å². The summed E-state index contributed by atoms with van der Waals surface area (Å²) < 4.78 is 1.74. The molecule has 1 unspecified atom stereocenters. The lowest BCUT2D eigenvalue weighted by molar-refractivity contribution is -0.116. The Kier molecular flexibility index (Phi) is 6.35. The number of thioether (sulfide) groups is 1. The van der Waals surface area contributed by atoms with Crippen LogP contribution in [0.1, 0.15) is 36.6 Å². The number of carbonyl (C=O) groups excluding carboxylic acids is 1. The fourth-order valence-corrected chi connectivity index (χ4v) is 6.45. The topological polar surface area (TPSA) is 96.2 Å². The van der Waals surface area contributed by atoms with E-state index in [1.807, 2.05) is 12.1 Å². The molecule has 4 heterocycles. The van der Waals surface area contributed by atoms with Crippen molar-refractivity contribution < 1.29 is 4.79 Å². The van der Waals surface area contributed by atoms with E-state index in [-0.39, 0.29) is 23.9 Å². The van der Waals surface area contributed by atoms with E-state index in [4.69, 9.17) is 4.98 Å². The Morgan fingerprint density at radius 2 is 1.81 bits per heavy atom. The number of hydrogen-bond acceptors (Lipinski definition) is 8. The van der Waals surface area contributed by atoms with Gasteiger partial charge in [0, 0.05) is 55.7 Å². The number of benzene rings is 1. The predicted molar refractivity (Wildman–Crippen MR) is 141 cm³/mol. The summed E-state index contributed by atoms with van der Waals surface area (Å²) in [6, 6.07) is 12.1. The van der Waals surface area contributed by atoms with E-state index in [2.05, 4.69) is 49.4 Å². The molecule has 0 radical (unpaired) electrons. The van der Waals surface area contributed by atoms with Gasteiger partial charge in [-0.3, -0.25) is 14.2 Å². The summed E-state index contributed by atoms with van der Waals surface area (Å²) >= 11 is 1.57. The fourth-order valence-electron chi connectivity index (χ4n) is 5.29. The maximum absolute atomic E-state index is 13.1. The van der Waals surface area contributed by atoms with Gasteiger partial charge in [-0.25, -0.2) is 15.0 Å². The molecule has 2 aliphatic heterocycles. The molecule has 0 spiro atoms. The lowest BCUT2D eigenvalue weighted by atomic mass is 9.97. The molecule has 1 amide bonds. The number of para-hydroxylation sites is 1. The van der Waals surface area contributed by atoms with Crippen LogP contribution in [0, 0.1) is 0 Å². The van der Waals surface area contributed by atoms with E-state index in [9.17, 15) is 9.59 Å². The average Bonchev–Trinajstić information content (AvgIpc) is 3.32. The van der Waals surface area contributed by atoms with E-state index in [0.29, 0.717) is 11.6 Å². The number of rotatable bonds is 5. The minimum Gasteiger partial charge on any atom is -0.368 e. The molecule has 6 rings (SSSR count). The molecule has 0 bridgehead atoms. The van der Waals surface area contributed by atoms with Crippen molar-refractivity contribution in [3.8, 4) is 0 Å². The van der Waals surface area contributed by atoms with Gasteiger partial charge in [0.2, 0.25) is 5.91 Å². The van der Waals surface area contributed by atoms with Crippen LogP contribution in [0.15, 0.2) is 52.7 Å². The Balaban J connectivity index is 1.10. The number of carbonyl (C=O) groups is 1. The zero-order chi connectivity index (χ0) is 24.5.